The number of benzene rings is 2. The molecular weight excluding hydrogens is 893 g/mol. The summed E-state index contributed by atoms with van der Waals surface area (Å²) in [6, 6.07) is 24.0. The monoisotopic (exact) mass is 971 g/mol. The second kappa shape index (κ2) is 25.9. The molecule has 0 radical (unpaired) electrons. The minimum Gasteiger partial charge on any atom is -0.480 e. The molecule has 2 aliphatic carbocycles. The number of esters is 1. The molecule has 0 bridgehead atoms. The van der Waals surface area contributed by atoms with Gasteiger partial charge in [0.25, 0.3) is 0 Å². The van der Waals surface area contributed by atoms with Crippen LogP contribution in [0.25, 0.3) is 0 Å². The molecule has 2 aromatic heterocycles. The zero-order valence-electron chi connectivity index (χ0n) is 42.3. The molecule has 0 amide bonds. The summed E-state index contributed by atoms with van der Waals surface area (Å²) in [7, 11) is 1.48. The lowest BCUT2D eigenvalue weighted by atomic mass is 9.94. The largest absolute Gasteiger partial charge is 0.480 e. The molecule has 4 aliphatic heterocycles. The van der Waals surface area contributed by atoms with E-state index in [9.17, 15) is 14.7 Å². The van der Waals surface area contributed by atoms with Gasteiger partial charge in [0, 0.05) is 75.4 Å². The molecule has 4 aromatic rings. The minimum atomic E-state index is -0.798. The molecule has 6 heterocycles. The van der Waals surface area contributed by atoms with Gasteiger partial charge < -0.3 is 28.8 Å². The van der Waals surface area contributed by atoms with Crippen molar-refractivity contribution in [3.63, 3.8) is 0 Å². The number of carboxylic acid groups (broad SMARTS) is 1. The van der Waals surface area contributed by atoms with Crippen molar-refractivity contribution in [2.75, 3.05) is 59.7 Å². The van der Waals surface area contributed by atoms with Crippen LogP contribution in [0, 0.1) is 0 Å². The Hall–Kier alpha value is -4.56. The van der Waals surface area contributed by atoms with E-state index in [2.05, 4.69) is 46.2 Å². The average Bonchev–Trinajstić information content (AvgIpc) is 4.27. The van der Waals surface area contributed by atoms with Gasteiger partial charge in [-0.05, 0) is 174 Å². The molecule has 4 fully saturated rings. The van der Waals surface area contributed by atoms with Crippen LogP contribution < -0.4 is 0 Å². The number of aromatic nitrogens is 2. The van der Waals surface area contributed by atoms with Crippen LogP contribution in [0.1, 0.15) is 170 Å². The van der Waals surface area contributed by atoms with Crippen LogP contribution in [0.15, 0.2) is 72.8 Å². The van der Waals surface area contributed by atoms with E-state index < -0.39 is 18.1 Å². The Morgan fingerprint density at radius 3 is 1.56 bits per heavy atom. The number of carboxylic acids is 1. The fraction of sp³-hybridized carbons (Fsp3) is 0.593. The Labute approximate surface area is 422 Å². The zero-order chi connectivity index (χ0) is 48.8. The third-order valence-electron chi connectivity index (χ3n) is 15.7. The molecule has 0 spiro atoms. The highest BCUT2D eigenvalue weighted by atomic mass is 16.5. The van der Waals surface area contributed by atoms with Crippen LogP contribution in [0.2, 0.25) is 0 Å². The molecule has 0 saturated carbocycles. The van der Waals surface area contributed by atoms with Gasteiger partial charge in [-0.3, -0.25) is 24.6 Å². The van der Waals surface area contributed by atoms with Gasteiger partial charge in [-0.2, -0.15) is 0 Å². The number of likely N-dealkylation sites (tertiary alicyclic amines) is 2. The van der Waals surface area contributed by atoms with Gasteiger partial charge in [-0.25, -0.2) is 4.79 Å². The Kier molecular flexibility index (Phi) is 18.7. The molecule has 4 unspecified atom stereocenters. The number of hydrogen-bond donors (Lipinski definition) is 1. The molecule has 10 rings (SSSR count). The molecule has 2 aromatic carbocycles. The number of hydrogen-bond acceptors (Lipinski definition) is 11. The second-order valence-corrected chi connectivity index (χ2v) is 20.6. The number of carbonyl (C=O) groups is 2. The maximum atomic E-state index is 12.9. The maximum Gasteiger partial charge on any atom is 0.327 e. The van der Waals surface area contributed by atoms with E-state index in [0.29, 0.717) is 13.2 Å². The summed E-state index contributed by atoms with van der Waals surface area (Å²) in [5.41, 5.74) is 11.9. The smallest absolute Gasteiger partial charge is 0.327 e. The van der Waals surface area contributed by atoms with Gasteiger partial charge in [-0.15, -0.1) is 0 Å². The highest BCUT2D eigenvalue weighted by Crippen LogP contribution is 2.39. The van der Waals surface area contributed by atoms with Gasteiger partial charge in [-0.1, -0.05) is 60.7 Å². The molecule has 12 nitrogen and oxygen atoms in total. The van der Waals surface area contributed by atoms with Gasteiger partial charge in [0.05, 0.1) is 31.5 Å². The van der Waals surface area contributed by atoms with Crippen molar-refractivity contribution in [3.8, 4) is 0 Å². The lowest BCUT2D eigenvalue weighted by molar-refractivity contribution is -0.147. The number of nitrogens with zero attached hydrogens (tertiary/aromatic N) is 4. The van der Waals surface area contributed by atoms with Gasteiger partial charge in [0.2, 0.25) is 0 Å². The van der Waals surface area contributed by atoms with E-state index in [4.69, 9.17) is 33.7 Å². The van der Waals surface area contributed by atoms with Crippen LogP contribution in [0.3, 0.4) is 0 Å². The number of aliphatic carboxylic acids is 1. The summed E-state index contributed by atoms with van der Waals surface area (Å²) >= 11 is 0. The molecule has 71 heavy (non-hydrogen) atoms. The van der Waals surface area contributed by atoms with Gasteiger partial charge in [0.15, 0.2) is 0 Å². The van der Waals surface area contributed by atoms with Crippen LogP contribution in [0.5, 0.6) is 0 Å². The zero-order valence-corrected chi connectivity index (χ0v) is 42.3. The quantitative estimate of drug-likeness (QED) is 0.0668. The van der Waals surface area contributed by atoms with Crippen molar-refractivity contribution in [2.45, 2.75) is 165 Å². The van der Waals surface area contributed by atoms with E-state index in [1.807, 2.05) is 36.4 Å². The van der Waals surface area contributed by atoms with Crippen molar-refractivity contribution in [3.05, 3.63) is 129 Å². The number of pyridine rings is 2. The van der Waals surface area contributed by atoms with Crippen molar-refractivity contribution in [1.29, 1.82) is 0 Å². The average molecular weight is 971 g/mol. The standard InChI is InChI=1S/C30H40N2O4.C29H38N2O4/c1-34-30(33)29(26-12-4-3-11-25(26)28-14-8-20-36-28)32-18-17-24(21-32)35-19-7-6-10-23-16-15-22-9-2-5-13-27(22)31-23;32-29(33)28(25-11-3-2-10-24(25)27-13-7-19-35-27)31-17-16-23(20-31)34-18-6-5-9-22-15-14-21-8-1-4-12-26(21)30-22/h3-4,11-12,15-16,24,28-29H,2,5-10,13-14,17-21H2,1H3;2-3,10-11,14-15,23,27-28H,1,4-9,12-13,16-20H2,(H,32,33)/t24-,28?,29?;23-,27?,28?/m11/s1. The molecule has 6 atom stereocenters. The predicted octanol–water partition coefficient (Wildman–Crippen LogP) is 10.2. The minimum absolute atomic E-state index is 0.00677. The summed E-state index contributed by atoms with van der Waals surface area (Å²) in [6.07, 6.45) is 22.1. The van der Waals surface area contributed by atoms with Crippen molar-refractivity contribution in [2.24, 2.45) is 0 Å². The Morgan fingerprint density at radius 2 is 1.08 bits per heavy atom. The van der Waals surface area contributed by atoms with Crippen molar-refractivity contribution in [1.82, 2.24) is 19.8 Å². The Bertz CT molecular complexity index is 2350. The summed E-state index contributed by atoms with van der Waals surface area (Å²) in [5.74, 6) is -1.01. The van der Waals surface area contributed by atoms with Gasteiger partial charge in [0.1, 0.15) is 12.1 Å². The van der Waals surface area contributed by atoms with E-state index in [-0.39, 0.29) is 30.4 Å². The van der Waals surface area contributed by atoms with Crippen molar-refractivity contribution >= 4 is 11.9 Å². The Balaban J connectivity index is 0.000000176. The fourth-order valence-corrected chi connectivity index (χ4v) is 11.9. The second-order valence-electron chi connectivity index (χ2n) is 20.6. The van der Waals surface area contributed by atoms with E-state index in [0.717, 1.165) is 152 Å². The Morgan fingerprint density at radius 1 is 0.606 bits per heavy atom. The topological polar surface area (TPSA) is 133 Å². The summed E-state index contributed by atoms with van der Waals surface area (Å²) in [5, 5.41) is 10.1. The molecule has 382 valence electrons. The molecule has 4 saturated heterocycles. The highest BCUT2D eigenvalue weighted by molar-refractivity contribution is 5.78. The number of ether oxygens (including phenoxy) is 5. The summed E-state index contributed by atoms with van der Waals surface area (Å²) in [6.45, 7) is 5.95. The first-order chi connectivity index (χ1) is 34.9. The predicted molar refractivity (Wildman–Crippen MR) is 273 cm³/mol. The van der Waals surface area contributed by atoms with Crippen LogP contribution in [-0.2, 0) is 71.8 Å². The van der Waals surface area contributed by atoms with Crippen LogP contribution in [-0.4, -0.2) is 109 Å². The maximum absolute atomic E-state index is 12.9. The van der Waals surface area contributed by atoms with E-state index >= 15 is 0 Å². The highest BCUT2D eigenvalue weighted by Gasteiger charge is 2.38. The third-order valence-corrected chi connectivity index (χ3v) is 15.7. The number of unbranched alkanes of at least 4 members (excludes halogenated alkanes) is 2. The van der Waals surface area contributed by atoms with Crippen molar-refractivity contribution < 1.29 is 38.4 Å². The molecule has 6 aliphatic rings. The summed E-state index contributed by atoms with van der Waals surface area (Å²) < 4.78 is 29.5. The lowest BCUT2D eigenvalue weighted by Gasteiger charge is -2.28. The van der Waals surface area contributed by atoms with Gasteiger partial charge >= 0.3 is 11.9 Å². The first-order valence-corrected chi connectivity index (χ1v) is 27.3. The van der Waals surface area contributed by atoms with E-state index in [1.54, 1.807) is 0 Å². The van der Waals surface area contributed by atoms with Crippen LogP contribution >= 0.6 is 0 Å². The van der Waals surface area contributed by atoms with E-state index in [1.165, 1.54) is 79.5 Å². The fourth-order valence-electron chi connectivity index (χ4n) is 11.9. The SMILES string of the molecule is COC(=O)C(c1ccccc1C1CCCO1)N1CC[C@@H](OCCCCc2ccc3c(n2)CCCC3)C1.O=C(O)C(c1ccccc1C1CCCO1)N1CC[C@@H](OCCCCc2ccc3c(n2)CCCC3)C1. The first kappa shape index (κ1) is 51.3. The number of carbonyl (C=O) groups excluding carboxylic acids is 1. The number of fused-ring (bicyclic) bond motifs is 2. The third kappa shape index (κ3) is 13.5. The molecular formula is C59H78N4O8. The number of aryl methyl sites for hydroxylation is 6. The molecule has 12 heteroatoms. The molecule has 1 N–H and O–H groups in total. The number of rotatable bonds is 20. The first-order valence-electron chi connectivity index (χ1n) is 27.3. The lowest BCUT2D eigenvalue weighted by Crippen LogP contribution is -2.35. The number of methoxy groups -OCH3 is 1. The normalized spacial score (nSPS) is 23.1. The summed E-state index contributed by atoms with van der Waals surface area (Å²) in [4.78, 5) is 39.4. The van der Waals surface area contributed by atoms with Crippen LogP contribution in [0.4, 0.5) is 0 Å².